The van der Waals surface area contributed by atoms with Crippen LogP contribution in [0.25, 0.3) is 0 Å². The molecule has 1 aromatic heterocycles. The van der Waals surface area contributed by atoms with Gasteiger partial charge in [0.2, 0.25) is 0 Å². The van der Waals surface area contributed by atoms with E-state index < -0.39 is 0 Å². The minimum Gasteiger partial charge on any atom is -0.379 e. The third-order valence-electron chi connectivity index (χ3n) is 4.45. The summed E-state index contributed by atoms with van der Waals surface area (Å²) in [4.78, 5) is 23.5. The van der Waals surface area contributed by atoms with Gasteiger partial charge in [-0.1, -0.05) is 0 Å². The summed E-state index contributed by atoms with van der Waals surface area (Å²) in [6.45, 7) is 5.18. The second kappa shape index (κ2) is 6.62. The third-order valence-corrected chi connectivity index (χ3v) is 4.45. The summed E-state index contributed by atoms with van der Waals surface area (Å²) < 4.78 is 5.41. The number of ether oxygens (including phenoxy) is 1. The predicted molar refractivity (Wildman–Crippen MR) is 85.3 cm³/mol. The van der Waals surface area contributed by atoms with Crippen LogP contribution >= 0.6 is 0 Å². The molecule has 2 aliphatic rings. The number of anilines is 1. The Morgan fingerprint density at radius 1 is 1.32 bits per heavy atom. The predicted octanol–water partition coefficient (Wildman–Crippen LogP) is 0.694. The van der Waals surface area contributed by atoms with Crippen molar-refractivity contribution in [1.29, 1.82) is 0 Å². The zero-order chi connectivity index (χ0) is 15.5. The number of carbonyl (C=O) groups excluding carboxylic acids is 1. The topological polar surface area (TPSA) is 48.9 Å². The molecule has 1 atom stereocenters. The molecule has 0 radical (unpaired) electrons. The Kier molecular flexibility index (Phi) is 4.59. The zero-order valence-corrected chi connectivity index (χ0v) is 13.4. The minimum atomic E-state index is 0.0903. The van der Waals surface area contributed by atoms with Gasteiger partial charge in [-0.05, 0) is 18.6 Å². The lowest BCUT2D eigenvalue weighted by Crippen LogP contribution is -2.45. The van der Waals surface area contributed by atoms with E-state index in [0.717, 1.165) is 51.6 Å². The number of amides is 1. The average Bonchev–Trinajstić information content (AvgIpc) is 3.05. The summed E-state index contributed by atoms with van der Waals surface area (Å²) in [5.74, 6) is 0.829. The number of morpholine rings is 1. The first-order chi connectivity index (χ1) is 10.7. The van der Waals surface area contributed by atoms with Gasteiger partial charge in [0.05, 0.1) is 18.8 Å². The van der Waals surface area contributed by atoms with Crippen LogP contribution in [0, 0.1) is 0 Å². The van der Waals surface area contributed by atoms with Crippen molar-refractivity contribution in [3.63, 3.8) is 0 Å². The maximum Gasteiger partial charge on any atom is 0.257 e. The molecule has 6 nitrogen and oxygen atoms in total. The Labute approximate surface area is 131 Å². The normalized spacial score (nSPS) is 22.8. The largest absolute Gasteiger partial charge is 0.379 e. The summed E-state index contributed by atoms with van der Waals surface area (Å²) in [5.41, 5.74) is 0.690. The average molecular weight is 304 g/mol. The third kappa shape index (κ3) is 3.08. The molecule has 3 rings (SSSR count). The van der Waals surface area contributed by atoms with Gasteiger partial charge in [0.15, 0.2) is 0 Å². The highest BCUT2D eigenvalue weighted by molar-refractivity contribution is 5.99. The Bertz CT molecular complexity index is 529. The van der Waals surface area contributed by atoms with Gasteiger partial charge in [0, 0.05) is 52.5 Å². The molecule has 3 heterocycles. The van der Waals surface area contributed by atoms with Gasteiger partial charge in [-0.25, -0.2) is 4.98 Å². The quantitative estimate of drug-likeness (QED) is 0.822. The van der Waals surface area contributed by atoms with Gasteiger partial charge in [-0.3, -0.25) is 9.69 Å². The molecule has 120 valence electrons. The fraction of sp³-hybridized carbons (Fsp3) is 0.625. The van der Waals surface area contributed by atoms with E-state index in [1.54, 1.807) is 6.20 Å². The Hall–Kier alpha value is -1.66. The van der Waals surface area contributed by atoms with E-state index in [9.17, 15) is 4.79 Å². The van der Waals surface area contributed by atoms with Crippen molar-refractivity contribution in [1.82, 2.24) is 14.8 Å². The standard InChI is InChI=1S/C16H24N4O2/c1-18(2)15-14(4-3-6-17-15)16(21)20-7-5-13(12-20)19-8-10-22-11-9-19/h3-4,6,13H,5,7-12H2,1-2H3/t13-/m1/s1. The number of carbonyl (C=O) groups is 1. The maximum atomic E-state index is 12.8. The van der Waals surface area contributed by atoms with Crippen LogP contribution in [0.3, 0.4) is 0 Å². The molecule has 2 aliphatic heterocycles. The Morgan fingerprint density at radius 2 is 2.09 bits per heavy atom. The molecular weight excluding hydrogens is 280 g/mol. The minimum absolute atomic E-state index is 0.0903. The fourth-order valence-corrected chi connectivity index (χ4v) is 3.26. The van der Waals surface area contributed by atoms with Crippen LogP contribution in [-0.2, 0) is 4.74 Å². The van der Waals surface area contributed by atoms with E-state index in [4.69, 9.17) is 4.74 Å². The van der Waals surface area contributed by atoms with Crippen molar-refractivity contribution in [2.45, 2.75) is 12.5 Å². The van der Waals surface area contributed by atoms with Gasteiger partial charge in [-0.2, -0.15) is 0 Å². The van der Waals surface area contributed by atoms with Crippen LogP contribution in [0.15, 0.2) is 18.3 Å². The molecule has 0 spiro atoms. The number of hydrogen-bond acceptors (Lipinski definition) is 5. The van der Waals surface area contributed by atoms with Crippen molar-refractivity contribution >= 4 is 11.7 Å². The number of hydrogen-bond donors (Lipinski definition) is 0. The number of pyridine rings is 1. The fourth-order valence-electron chi connectivity index (χ4n) is 3.26. The summed E-state index contributed by atoms with van der Waals surface area (Å²) >= 11 is 0. The van der Waals surface area contributed by atoms with Crippen molar-refractivity contribution < 1.29 is 9.53 Å². The summed E-state index contributed by atoms with van der Waals surface area (Å²) in [5, 5.41) is 0. The second-order valence-corrected chi connectivity index (χ2v) is 6.11. The van der Waals surface area contributed by atoms with E-state index in [1.807, 2.05) is 36.0 Å². The highest BCUT2D eigenvalue weighted by Crippen LogP contribution is 2.22. The van der Waals surface area contributed by atoms with E-state index >= 15 is 0 Å². The lowest BCUT2D eigenvalue weighted by atomic mass is 10.2. The summed E-state index contributed by atoms with van der Waals surface area (Å²) in [6.07, 6.45) is 2.77. The summed E-state index contributed by atoms with van der Waals surface area (Å²) in [7, 11) is 3.83. The van der Waals surface area contributed by atoms with Crippen molar-refractivity contribution in [3.05, 3.63) is 23.9 Å². The lowest BCUT2D eigenvalue weighted by Gasteiger charge is -2.32. The van der Waals surface area contributed by atoms with Crippen LogP contribution in [-0.4, -0.2) is 80.2 Å². The molecule has 1 amide bonds. The summed E-state index contributed by atoms with van der Waals surface area (Å²) in [6, 6.07) is 4.16. The van der Waals surface area contributed by atoms with E-state index in [-0.39, 0.29) is 5.91 Å². The van der Waals surface area contributed by atoms with Crippen molar-refractivity contribution in [2.24, 2.45) is 0 Å². The number of nitrogens with zero attached hydrogens (tertiary/aromatic N) is 4. The van der Waals surface area contributed by atoms with Gasteiger partial charge in [0.25, 0.3) is 5.91 Å². The van der Waals surface area contributed by atoms with Crippen molar-refractivity contribution in [2.75, 3.05) is 58.4 Å². The highest BCUT2D eigenvalue weighted by Gasteiger charge is 2.32. The van der Waals surface area contributed by atoms with Gasteiger partial charge >= 0.3 is 0 Å². The molecule has 2 fully saturated rings. The highest BCUT2D eigenvalue weighted by atomic mass is 16.5. The SMILES string of the molecule is CN(C)c1ncccc1C(=O)N1CC[C@@H](N2CCOCC2)C1. The van der Waals surface area contributed by atoms with Crippen LogP contribution in [0.1, 0.15) is 16.8 Å². The molecule has 0 unspecified atom stereocenters. The molecule has 0 aliphatic carbocycles. The molecule has 6 heteroatoms. The number of rotatable bonds is 3. The second-order valence-electron chi connectivity index (χ2n) is 6.11. The molecule has 22 heavy (non-hydrogen) atoms. The van der Waals surface area contributed by atoms with Crippen LogP contribution in [0.5, 0.6) is 0 Å². The first-order valence-electron chi connectivity index (χ1n) is 7.90. The molecular formula is C16H24N4O2. The van der Waals surface area contributed by atoms with E-state index in [1.165, 1.54) is 0 Å². The zero-order valence-electron chi connectivity index (χ0n) is 13.4. The first kappa shape index (κ1) is 15.2. The van der Waals surface area contributed by atoms with Gasteiger partial charge < -0.3 is 14.5 Å². The number of aromatic nitrogens is 1. The molecule has 0 saturated carbocycles. The smallest absolute Gasteiger partial charge is 0.257 e. The van der Waals surface area contributed by atoms with Crippen LogP contribution in [0.4, 0.5) is 5.82 Å². The number of likely N-dealkylation sites (tertiary alicyclic amines) is 1. The Balaban J connectivity index is 1.69. The maximum absolute atomic E-state index is 12.8. The first-order valence-corrected chi connectivity index (χ1v) is 7.90. The van der Waals surface area contributed by atoms with Crippen LogP contribution in [0.2, 0.25) is 0 Å². The van der Waals surface area contributed by atoms with Gasteiger partial charge in [-0.15, -0.1) is 0 Å². The van der Waals surface area contributed by atoms with Crippen molar-refractivity contribution in [3.8, 4) is 0 Å². The Morgan fingerprint density at radius 3 is 2.82 bits per heavy atom. The molecule has 1 aromatic rings. The van der Waals surface area contributed by atoms with Crippen LogP contribution < -0.4 is 4.90 Å². The van der Waals surface area contributed by atoms with E-state index in [2.05, 4.69) is 9.88 Å². The molecule has 2 saturated heterocycles. The molecule has 0 aromatic carbocycles. The molecule has 0 bridgehead atoms. The van der Waals surface area contributed by atoms with Gasteiger partial charge in [0.1, 0.15) is 5.82 Å². The molecule has 0 N–H and O–H groups in total. The van der Waals surface area contributed by atoms with E-state index in [0.29, 0.717) is 11.6 Å². The monoisotopic (exact) mass is 304 g/mol. The lowest BCUT2D eigenvalue weighted by molar-refractivity contribution is 0.0185.